The number of non-ortho nitro benzene ring substituents is 1. The van der Waals surface area contributed by atoms with E-state index in [1.54, 1.807) is 12.1 Å². The van der Waals surface area contributed by atoms with Crippen molar-refractivity contribution in [2.45, 2.75) is 38.0 Å². The van der Waals surface area contributed by atoms with E-state index in [4.69, 9.17) is 0 Å². The van der Waals surface area contributed by atoms with E-state index in [2.05, 4.69) is 11.8 Å². The maximum Gasteiger partial charge on any atom is 0.269 e. The number of aliphatic hydroxyl groups excluding tert-OH is 1. The van der Waals surface area contributed by atoms with Crippen LogP contribution in [-0.4, -0.2) is 41.2 Å². The van der Waals surface area contributed by atoms with Gasteiger partial charge in [-0.15, -0.1) is 0 Å². The number of benzene rings is 1. The lowest BCUT2D eigenvalue weighted by atomic mass is 9.90. The molecule has 0 amide bonds. The Morgan fingerprint density at radius 3 is 2.65 bits per heavy atom. The molecule has 0 radical (unpaired) electrons. The first-order valence-electron chi connectivity index (χ1n) is 8.71. The van der Waals surface area contributed by atoms with Crippen LogP contribution < -0.4 is 0 Å². The molecule has 1 aromatic rings. The molecule has 2 fully saturated rings. The number of likely N-dealkylation sites (tertiary alicyclic amines) is 1. The zero-order valence-corrected chi connectivity index (χ0v) is 13.8. The number of rotatable bonds is 8. The van der Waals surface area contributed by atoms with Crippen molar-refractivity contribution in [2.75, 3.05) is 26.2 Å². The van der Waals surface area contributed by atoms with Gasteiger partial charge in [-0.25, -0.2) is 0 Å². The zero-order valence-electron chi connectivity index (χ0n) is 13.8. The summed E-state index contributed by atoms with van der Waals surface area (Å²) in [7, 11) is 0. The Morgan fingerprint density at radius 1 is 1.30 bits per heavy atom. The summed E-state index contributed by atoms with van der Waals surface area (Å²) in [6.45, 7) is 5.48. The summed E-state index contributed by atoms with van der Waals surface area (Å²) in [6.07, 6.45) is 5.09. The van der Waals surface area contributed by atoms with Gasteiger partial charge >= 0.3 is 0 Å². The normalized spacial score (nSPS) is 29.5. The number of hydrogen-bond donors (Lipinski definition) is 1. The van der Waals surface area contributed by atoms with E-state index >= 15 is 0 Å². The van der Waals surface area contributed by atoms with Crippen LogP contribution in [0.4, 0.5) is 5.69 Å². The molecule has 1 saturated heterocycles. The van der Waals surface area contributed by atoms with Crippen LogP contribution in [0.2, 0.25) is 0 Å². The Bertz CT molecular complexity index is 563. The van der Waals surface area contributed by atoms with Crippen LogP contribution in [0, 0.1) is 22.0 Å². The van der Waals surface area contributed by atoms with E-state index in [1.807, 2.05) is 6.07 Å². The molecule has 1 unspecified atom stereocenters. The maximum atomic E-state index is 11.0. The van der Waals surface area contributed by atoms with Crippen molar-refractivity contribution in [1.82, 2.24) is 4.90 Å². The third-order valence-electron chi connectivity index (χ3n) is 5.79. The SMILES string of the molecule is CCCCCCN1C[C@@H]2[C@H](C1)C2(CO)c1cccc([N+](=O)[O-])c1. The zero-order chi connectivity index (χ0) is 16.4. The minimum Gasteiger partial charge on any atom is -0.395 e. The van der Waals surface area contributed by atoms with E-state index < -0.39 is 0 Å². The molecule has 1 aliphatic heterocycles. The molecular formula is C18H26N2O3. The van der Waals surface area contributed by atoms with Gasteiger partial charge in [0.2, 0.25) is 0 Å². The van der Waals surface area contributed by atoms with Crippen molar-refractivity contribution in [2.24, 2.45) is 11.8 Å². The Hall–Kier alpha value is -1.46. The quantitative estimate of drug-likeness (QED) is 0.454. The minimum atomic E-state index is -0.354. The number of aliphatic hydroxyl groups is 1. The maximum absolute atomic E-state index is 11.0. The number of nitrogens with zero attached hydrogens (tertiary/aromatic N) is 2. The van der Waals surface area contributed by atoms with Crippen LogP contribution in [0.25, 0.3) is 0 Å². The van der Waals surface area contributed by atoms with E-state index in [0.29, 0.717) is 11.8 Å². The van der Waals surface area contributed by atoms with Crippen molar-refractivity contribution in [1.29, 1.82) is 0 Å². The summed E-state index contributed by atoms with van der Waals surface area (Å²) in [4.78, 5) is 13.1. The molecule has 1 aliphatic carbocycles. The number of nitro benzene ring substituents is 1. The predicted molar refractivity (Wildman–Crippen MR) is 89.4 cm³/mol. The molecule has 0 spiro atoms. The van der Waals surface area contributed by atoms with Gasteiger partial charge in [0.25, 0.3) is 5.69 Å². The van der Waals surface area contributed by atoms with Crippen LogP contribution >= 0.6 is 0 Å². The number of nitro groups is 1. The first-order chi connectivity index (χ1) is 11.1. The molecule has 0 aromatic heterocycles. The molecule has 5 heteroatoms. The number of unbranched alkanes of at least 4 members (excludes halogenated alkanes) is 3. The fraction of sp³-hybridized carbons (Fsp3) is 0.667. The van der Waals surface area contributed by atoms with Crippen LogP contribution in [0.15, 0.2) is 24.3 Å². The van der Waals surface area contributed by atoms with Crippen LogP contribution in [0.5, 0.6) is 0 Å². The molecule has 1 N–H and O–H groups in total. The van der Waals surface area contributed by atoms with Gasteiger partial charge in [-0.1, -0.05) is 38.3 Å². The van der Waals surface area contributed by atoms with Crippen LogP contribution in [-0.2, 0) is 5.41 Å². The fourth-order valence-electron chi connectivity index (χ4n) is 4.42. The number of fused-ring (bicyclic) bond motifs is 1. The van der Waals surface area contributed by atoms with E-state index in [-0.39, 0.29) is 22.6 Å². The molecule has 3 rings (SSSR count). The summed E-state index contributed by atoms with van der Waals surface area (Å²) >= 11 is 0. The van der Waals surface area contributed by atoms with Gasteiger partial charge in [0, 0.05) is 30.6 Å². The third-order valence-corrected chi connectivity index (χ3v) is 5.79. The monoisotopic (exact) mass is 318 g/mol. The topological polar surface area (TPSA) is 66.6 Å². The van der Waals surface area contributed by atoms with Gasteiger partial charge in [0.1, 0.15) is 0 Å². The Morgan fingerprint density at radius 2 is 2.04 bits per heavy atom. The third kappa shape index (κ3) is 2.88. The standard InChI is InChI=1S/C18H26N2O3/c1-2-3-4-5-9-19-11-16-17(12-19)18(16,13-21)14-7-6-8-15(10-14)20(22)23/h6-8,10,16-17,21H,2-5,9,11-13H2,1H3/t16-,17+,18?. The van der Waals surface area contributed by atoms with E-state index in [9.17, 15) is 15.2 Å². The number of hydrogen-bond acceptors (Lipinski definition) is 4. The average molecular weight is 318 g/mol. The average Bonchev–Trinajstić information content (AvgIpc) is 2.95. The summed E-state index contributed by atoms with van der Waals surface area (Å²) < 4.78 is 0. The van der Waals surface area contributed by atoms with Gasteiger partial charge in [0.15, 0.2) is 0 Å². The molecule has 1 heterocycles. The Labute approximate surface area is 137 Å². The van der Waals surface area contributed by atoms with Gasteiger partial charge in [0.05, 0.1) is 11.5 Å². The summed E-state index contributed by atoms with van der Waals surface area (Å²) in [6, 6.07) is 6.85. The fourth-order valence-corrected chi connectivity index (χ4v) is 4.42. The van der Waals surface area contributed by atoms with Crippen molar-refractivity contribution in [3.63, 3.8) is 0 Å². The minimum absolute atomic E-state index is 0.0905. The molecule has 0 bridgehead atoms. The van der Waals surface area contributed by atoms with Crippen molar-refractivity contribution >= 4 is 5.69 Å². The second-order valence-electron chi connectivity index (χ2n) is 7.04. The molecule has 3 atom stereocenters. The van der Waals surface area contributed by atoms with Gasteiger partial charge in [-0.3, -0.25) is 10.1 Å². The lowest BCUT2D eigenvalue weighted by Gasteiger charge is -2.25. The highest BCUT2D eigenvalue weighted by Gasteiger charge is 2.68. The van der Waals surface area contributed by atoms with Crippen molar-refractivity contribution < 1.29 is 10.0 Å². The first-order valence-corrected chi connectivity index (χ1v) is 8.71. The molecule has 126 valence electrons. The summed E-state index contributed by atoms with van der Waals surface area (Å²) in [5.41, 5.74) is 0.818. The molecule has 2 aliphatic rings. The highest BCUT2D eigenvalue weighted by atomic mass is 16.6. The second kappa shape index (κ2) is 6.57. The van der Waals surface area contributed by atoms with E-state index in [0.717, 1.165) is 25.2 Å². The smallest absolute Gasteiger partial charge is 0.269 e. The lowest BCUT2D eigenvalue weighted by molar-refractivity contribution is -0.385. The number of piperidine rings is 1. The predicted octanol–water partition coefficient (Wildman–Crippen LogP) is 2.97. The van der Waals surface area contributed by atoms with Crippen LogP contribution in [0.3, 0.4) is 0 Å². The molecular weight excluding hydrogens is 292 g/mol. The van der Waals surface area contributed by atoms with Crippen molar-refractivity contribution in [3.8, 4) is 0 Å². The molecule has 1 saturated carbocycles. The lowest BCUT2D eigenvalue weighted by Crippen LogP contribution is -2.33. The summed E-state index contributed by atoms with van der Waals surface area (Å²) in [5, 5.41) is 21.0. The molecule has 1 aromatic carbocycles. The largest absolute Gasteiger partial charge is 0.395 e. The van der Waals surface area contributed by atoms with Crippen molar-refractivity contribution in [3.05, 3.63) is 39.9 Å². The molecule has 23 heavy (non-hydrogen) atoms. The Balaban J connectivity index is 1.63. The van der Waals surface area contributed by atoms with E-state index in [1.165, 1.54) is 31.7 Å². The van der Waals surface area contributed by atoms with Crippen LogP contribution in [0.1, 0.15) is 38.2 Å². The van der Waals surface area contributed by atoms with Gasteiger partial charge in [-0.05, 0) is 30.4 Å². The summed E-state index contributed by atoms with van der Waals surface area (Å²) in [5.74, 6) is 0.890. The molecule has 5 nitrogen and oxygen atoms in total. The highest BCUT2D eigenvalue weighted by molar-refractivity contribution is 5.45. The van der Waals surface area contributed by atoms with Gasteiger partial charge in [-0.2, -0.15) is 0 Å². The second-order valence-corrected chi connectivity index (χ2v) is 7.04. The van der Waals surface area contributed by atoms with Gasteiger partial charge < -0.3 is 10.0 Å². The first kappa shape index (κ1) is 16.4. The Kier molecular flexibility index (Phi) is 4.69. The highest BCUT2D eigenvalue weighted by Crippen LogP contribution is 2.63.